The van der Waals surface area contributed by atoms with Gasteiger partial charge in [-0.3, -0.25) is 0 Å². The fraction of sp³-hybridized carbons (Fsp3) is 0.538. The summed E-state index contributed by atoms with van der Waals surface area (Å²) in [6, 6.07) is 7.14. The molecule has 0 spiro atoms. The Morgan fingerprint density at radius 2 is 2.05 bits per heavy atom. The van der Waals surface area contributed by atoms with Gasteiger partial charge in [-0.2, -0.15) is 0 Å². The molecule has 6 heteroatoms. The minimum Gasteiger partial charge on any atom is -0.497 e. The Labute approximate surface area is 114 Å². The quantitative estimate of drug-likeness (QED) is 0.857. The third kappa shape index (κ3) is 3.46. The molecule has 1 saturated heterocycles. The zero-order valence-corrected chi connectivity index (χ0v) is 12.0. The molecule has 2 atom stereocenters. The van der Waals surface area contributed by atoms with Gasteiger partial charge in [0.25, 0.3) is 0 Å². The van der Waals surface area contributed by atoms with Crippen LogP contribution in [0.25, 0.3) is 0 Å². The molecule has 1 aliphatic heterocycles. The van der Waals surface area contributed by atoms with Gasteiger partial charge in [-0.15, -0.1) is 0 Å². The summed E-state index contributed by atoms with van der Waals surface area (Å²) < 4.78 is 32.1. The van der Waals surface area contributed by atoms with Gasteiger partial charge >= 0.3 is 0 Å². The molecule has 0 unspecified atom stereocenters. The van der Waals surface area contributed by atoms with Crippen molar-refractivity contribution in [2.24, 2.45) is 0 Å². The Kier molecular flexibility index (Phi) is 4.44. The van der Waals surface area contributed by atoms with Gasteiger partial charge in [-0.05, 0) is 44.0 Å². The van der Waals surface area contributed by atoms with Crippen LogP contribution < -0.4 is 14.8 Å². The standard InChI is InChI=1S/C13H20N2O3S/c1-10(11-5-7-12(18-2)8-6-11)15-19(16,17)13-4-3-9-14-13/h5-8,10,13-15H,3-4,9H2,1-2H3/t10-,13+/m1/s1. The monoisotopic (exact) mass is 284 g/mol. The molecule has 1 aliphatic rings. The van der Waals surface area contributed by atoms with E-state index in [1.807, 2.05) is 31.2 Å². The molecule has 1 fully saturated rings. The van der Waals surface area contributed by atoms with Crippen LogP contribution in [0.4, 0.5) is 0 Å². The first kappa shape index (κ1) is 14.3. The first-order chi connectivity index (χ1) is 9.03. The lowest BCUT2D eigenvalue weighted by molar-refractivity contribution is 0.414. The number of benzene rings is 1. The summed E-state index contributed by atoms with van der Waals surface area (Å²) in [6.07, 6.45) is 1.58. The average molecular weight is 284 g/mol. The van der Waals surface area contributed by atoms with Crippen molar-refractivity contribution in [3.05, 3.63) is 29.8 Å². The van der Waals surface area contributed by atoms with Crippen molar-refractivity contribution >= 4 is 10.0 Å². The molecule has 2 N–H and O–H groups in total. The number of methoxy groups -OCH3 is 1. The second-order valence-electron chi connectivity index (χ2n) is 4.74. The van der Waals surface area contributed by atoms with Crippen molar-refractivity contribution in [2.75, 3.05) is 13.7 Å². The van der Waals surface area contributed by atoms with E-state index in [2.05, 4.69) is 10.0 Å². The molecule has 1 heterocycles. The zero-order chi connectivity index (χ0) is 13.9. The van der Waals surface area contributed by atoms with Gasteiger partial charge in [0, 0.05) is 6.04 Å². The SMILES string of the molecule is COc1ccc([C@@H](C)NS(=O)(=O)[C@H]2CCCN2)cc1. The van der Waals surface area contributed by atoms with Crippen LogP contribution in [0.3, 0.4) is 0 Å². The molecular weight excluding hydrogens is 264 g/mol. The van der Waals surface area contributed by atoms with Crippen LogP contribution in [-0.4, -0.2) is 27.4 Å². The number of hydrogen-bond acceptors (Lipinski definition) is 4. The van der Waals surface area contributed by atoms with E-state index in [1.54, 1.807) is 7.11 Å². The lowest BCUT2D eigenvalue weighted by atomic mass is 10.1. The van der Waals surface area contributed by atoms with Gasteiger partial charge in [0.2, 0.25) is 10.0 Å². The highest BCUT2D eigenvalue weighted by molar-refractivity contribution is 7.90. The van der Waals surface area contributed by atoms with Crippen LogP contribution >= 0.6 is 0 Å². The molecule has 19 heavy (non-hydrogen) atoms. The van der Waals surface area contributed by atoms with E-state index in [0.29, 0.717) is 6.42 Å². The summed E-state index contributed by atoms with van der Waals surface area (Å²) in [4.78, 5) is 0. The number of nitrogens with one attached hydrogen (secondary N) is 2. The third-order valence-corrected chi connectivity index (χ3v) is 5.18. The van der Waals surface area contributed by atoms with Crippen LogP contribution in [0.2, 0.25) is 0 Å². The number of sulfonamides is 1. The van der Waals surface area contributed by atoms with Gasteiger partial charge in [0.15, 0.2) is 0 Å². The Balaban J connectivity index is 2.04. The van der Waals surface area contributed by atoms with Crippen molar-refractivity contribution in [2.45, 2.75) is 31.2 Å². The minimum atomic E-state index is -3.32. The Bertz CT molecular complexity index is 507. The summed E-state index contributed by atoms with van der Waals surface area (Å²) in [5.74, 6) is 0.760. The van der Waals surface area contributed by atoms with E-state index in [-0.39, 0.29) is 6.04 Å². The fourth-order valence-corrected chi connectivity index (χ4v) is 3.81. The molecule has 2 rings (SSSR count). The molecule has 1 aromatic carbocycles. The van der Waals surface area contributed by atoms with Gasteiger partial charge in [-0.1, -0.05) is 12.1 Å². The third-order valence-electron chi connectivity index (χ3n) is 3.35. The topological polar surface area (TPSA) is 67.4 Å². The lowest BCUT2D eigenvalue weighted by Gasteiger charge is -2.18. The van der Waals surface area contributed by atoms with E-state index in [1.165, 1.54) is 0 Å². The highest BCUT2D eigenvalue weighted by atomic mass is 32.2. The largest absolute Gasteiger partial charge is 0.497 e. The van der Waals surface area contributed by atoms with Gasteiger partial charge in [0.05, 0.1) is 7.11 Å². The van der Waals surface area contributed by atoms with E-state index in [0.717, 1.165) is 24.3 Å². The Hall–Kier alpha value is -1.11. The molecular formula is C13H20N2O3S. The second kappa shape index (κ2) is 5.90. The predicted molar refractivity (Wildman–Crippen MR) is 74.5 cm³/mol. The van der Waals surface area contributed by atoms with Gasteiger partial charge < -0.3 is 10.1 Å². The molecule has 0 saturated carbocycles. The highest BCUT2D eigenvalue weighted by Gasteiger charge is 2.29. The summed E-state index contributed by atoms with van der Waals surface area (Å²) in [5, 5.41) is 2.54. The van der Waals surface area contributed by atoms with Crippen LogP contribution in [0.5, 0.6) is 5.75 Å². The molecule has 0 amide bonds. The maximum Gasteiger partial charge on any atom is 0.228 e. The highest BCUT2D eigenvalue weighted by Crippen LogP contribution is 2.20. The van der Waals surface area contributed by atoms with E-state index in [9.17, 15) is 8.42 Å². The van der Waals surface area contributed by atoms with Crippen molar-refractivity contribution in [3.63, 3.8) is 0 Å². The smallest absolute Gasteiger partial charge is 0.228 e. The van der Waals surface area contributed by atoms with Crippen molar-refractivity contribution in [1.82, 2.24) is 10.0 Å². The summed E-state index contributed by atoms with van der Waals surface area (Å²) >= 11 is 0. The zero-order valence-electron chi connectivity index (χ0n) is 11.2. The van der Waals surface area contributed by atoms with Crippen molar-refractivity contribution < 1.29 is 13.2 Å². The van der Waals surface area contributed by atoms with Gasteiger partial charge in [-0.25, -0.2) is 13.1 Å². The Morgan fingerprint density at radius 3 is 2.58 bits per heavy atom. The van der Waals surface area contributed by atoms with E-state index in [4.69, 9.17) is 4.74 Å². The average Bonchev–Trinajstić information content (AvgIpc) is 2.93. The molecule has 0 bridgehead atoms. The van der Waals surface area contributed by atoms with E-state index < -0.39 is 15.4 Å². The Morgan fingerprint density at radius 1 is 1.37 bits per heavy atom. The molecule has 0 aromatic heterocycles. The van der Waals surface area contributed by atoms with Crippen LogP contribution in [-0.2, 0) is 10.0 Å². The molecule has 0 radical (unpaired) electrons. The fourth-order valence-electron chi connectivity index (χ4n) is 2.21. The molecule has 0 aliphatic carbocycles. The predicted octanol–water partition coefficient (Wildman–Crippen LogP) is 1.39. The van der Waals surface area contributed by atoms with Crippen LogP contribution in [0, 0.1) is 0 Å². The van der Waals surface area contributed by atoms with Crippen LogP contribution in [0.1, 0.15) is 31.4 Å². The summed E-state index contributed by atoms with van der Waals surface area (Å²) in [7, 11) is -1.71. The molecule has 106 valence electrons. The first-order valence-electron chi connectivity index (χ1n) is 6.41. The number of rotatable bonds is 5. The van der Waals surface area contributed by atoms with Gasteiger partial charge in [0.1, 0.15) is 11.1 Å². The molecule has 1 aromatic rings. The summed E-state index contributed by atoms with van der Waals surface area (Å²) in [5.41, 5.74) is 0.919. The van der Waals surface area contributed by atoms with Crippen molar-refractivity contribution in [1.29, 1.82) is 0 Å². The number of hydrogen-bond donors (Lipinski definition) is 2. The summed E-state index contributed by atoms with van der Waals surface area (Å²) in [6.45, 7) is 2.61. The maximum absolute atomic E-state index is 12.1. The minimum absolute atomic E-state index is 0.252. The second-order valence-corrected chi connectivity index (χ2v) is 6.64. The number of ether oxygens (including phenoxy) is 1. The van der Waals surface area contributed by atoms with E-state index >= 15 is 0 Å². The molecule has 5 nitrogen and oxygen atoms in total. The van der Waals surface area contributed by atoms with Crippen LogP contribution in [0.15, 0.2) is 24.3 Å². The first-order valence-corrected chi connectivity index (χ1v) is 7.96. The van der Waals surface area contributed by atoms with Crippen molar-refractivity contribution in [3.8, 4) is 5.75 Å². The maximum atomic E-state index is 12.1. The lowest BCUT2D eigenvalue weighted by Crippen LogP contribution is -2.41. The normalized spacial score (nSPS) is 21.3.